The first-order chi connectivity index (χ1) is 7.90. The van der Waals surface area contributed by atoms with E-state index >= 15 is 0 Å². The normalized spacial score (nSPS) is 11.1. The highest BCUT2D eigenvalue weighted by Crippen LogP contribution is 2.31. The van der Waals surface area contributed by atoms with Crippen molar-refractivity contribution in [2.75, 3.05) is 6.61 Å². The predicted octanol–water partition coefficient (Wildman–Crippen LogP) is 3.53. The van der Waals surface area contributed by atoms with Gasteiger partial charge in [-0.25, -0.2) is 4.79 Å². The summed E-state index contributed by atoms with van der Waals surface area (Å²) in [5.74, 6) is -0.656. The molecule has 2 nitrogen and oxygen atoms in total. The van der Waals surface area contributed by atoms with Gasteiger partial charge in [0.2, 0.25) is 0 Å². The summed E-state index contributed by atoms with van der Waals surface area (Å²) in [5, 5.41) is 0. The van der Waals surface area contributed by atoms with Gasteiger partial charge in [0.1, 0.15) is 0 Å². The average Bonchev–Trinajstić information content (AvgIpc) is 2.27. The van der Waals surface area contributed by atoms with Crippen molar-refractivity contribution in [1.82, 2.24) is 0 Å². The van der Waals surface area contributed by atoms with Crippen LogP contribution in [0.2, 0.25) is 0 Å². The van der Waals surface area contributed by atoms with E-state index < -0.39 is 17.7 Å². The van der Waals surface area contributed by atoms with E-state index in [0.717, 1.165) is 18.2 Å². The van der Waals surface area contributed by atoms with E-state index in [1.54, 1.807) is 6.92 Å². The summed E-state index contributed by atoms with van der Waals surface area (Å²) in [7, 11) is 0. The highest BCUT2D eigenvalue weighted by molar-refractivity contribution is 5.93. The molecule has 1 aromatic rings. The summed E-state index contributed by atoms with van der Waals surface area (Å²) in [6.07, 6.45) is -3.24. The standard InChI is InChI=1S/C12H11F3O2/c1-3-8-7-9(12(13,14)15)5-6-10(8)11(16)17-4-2/h3,5-7H,1,4H2,2H3. The third-order valence-corrected chi connectivity index (χ3v) is 2.09. The molecular weight excluding hydrogens is 233 g/mol. The van der Waals surface area contributed by atoms with Crippen molar-refractivity contribution in [3.63, 3.8) is 0 Å². The van der Waals surface area contributed by atoms with Crippen LogP contribution in [0, 0.1) is 0 Å². The Morgan fingerprint density at radius 1 is 1.47 bits per heavy atom. The SMILES string of the molecule is C=Cc1cc(C(F)(F)F)ccc1C(=O)OCC. The molecule has 0 fully saturated rings. The number of halogens is 3. The maximum Gasteiger partial charge on any atom is 0.416 e. The zero-order chi connectivity index (χ0) is 13.1. The molecule has 5 heteroatoms. The third kappa shape index (κ3) is 3.09. The number of carbonyl (C=O) groups is 1. The molecule has 0 amide bonds. The molecular formula is C12H11F3O2. The average molecular weight is 244 g/mol. The minimum Gasteiger partial charge on any atom is -0.462 e. The van der Waals surface area contributed by atoms with Crippen LogP contribution in [0.25, 0.3) is 6.08 Å². The first-order valence-electron chi connectivity index (χ1n) is 4.91. The Morgan fingerprint density at radius 3 is 2.59 bits per heavy atom. The van der Waals surface area contributed by atoms with E-state index in [1.165, 1.54) is 6.08 Å². The van der Waals surface area contributed by atoms with Crippen LogP contribution in [0.5, 0.6) is 0 Å². The number of hydrogen-bond acceptors (Lipinski definition) is 2. The lowest BCUT2D eigenvalue weighted by molar-refractivity contribution is -0.137. The number of alkyl halides is 3. The van der Waals surface area contributed by atoms with Gasteiger partial charge in [-0.05, 0) is 30.7 Å². The molecule has 0 radical (unpaired) electrons. The molecule has 1 aromatic carbocycles. The molecule has 0 bridgehead atoms. The van der Waals surface area contributed by atoms with Crippen LogP contribution in [-0.2, 0) is 10.9 Å². The summed E-state index contributed by atoms with van der Waals surface area (Å²) in [6.45, 7) is 5.17. The van der Waals surface area contributed by atoms with Crippen molar-refractivity contribution >= 4 is 12.0 Å². The lowest BCUT2D eigenvalue weighted by Gasteiger charge is -2.10. The smallest absolute Gasteiger partial charge is 0.416 e. The quantitative estimate of drug-likeness (QED) is 0.760. The molecule has 0 aliphatic rings. The topological polar surface area (TPSA) is 26.3 Å². The van der Waals surface area contributed by atoms with Gasteiger partial charge >= 0.3 is 12.1 Å². The van der Waals surface area contributed by atoms with E-state index in [1.807, 2.05) is 0 Å². The largest absolute Gasteiger partial charge is 0.462 e. The second kappa shape index (κ2) is 5.03. The minimum atomic E-state index is -4.44. The first kappa shape index (κ1) is 13.3. The molecule has 0 saturated carbocycles. The van der Waals surface area contributed by atoms with E-state index in [4.69, 9.17) is 4.74 Å². The Kier molecular flexibility index (Phi) is 3.93. The predicted molar refractivity (Wildman–Crippen MR) is 57.5 cm³/mol. The van der Waals surface area contributed by atoms with Crippen molar-refractivity contribution in [2.24, 2.45) is 0 Å². The van der Waals surface area contributed by atoms with Crippen LogP contribution in [-0.4, -0.2) is 12.6 Å². The summed E-state index contributed by atoms with van der Waals surface area (Å²) < 4.78 is 42.0. The summed E-state index contributed by atoms with van der Waals surface area (Å²) >= 11 is 0. The highest BCUT2D eigenvalue weighted by atomic mass is 19.4. The fraction of sp³-hybridized carbons (Fsp3) is 0.250. The van der Waals surface area contributed by atoms with E-state index in [9.17, 15) is 18.0 Å². The zero-order valence-electron chi connectivity index (χ0n) is 9.17. The fourth-order valence-corrected chi connectivity index (χ4v) is 1.30. The zero-order valence-corrected chi connectivity index (χ0v) is 9.17. The number of ether oxygens (including phenoxy) is 1. The summed E-state index contributed by atoms with van der Waals surface area (Å²) in [6, 6.07) is 2.82. The van der Waals surface area contributed by atoms with Crippen molar-refractivity contribution in [1.29, 1.82) is 0 Å². The molecule has 17 heavy (non-hydrogen) atoms. The highest BCUT2D eigenvalue weighted by Gasteiger charge is 2.31. The van der Waals surface area contributed by atoms with Gasteiger partial charge < -0.3 is 4.74 Å². The molecule has 0 unspecified atom stereocenters. The number of hydrogen-bond donors (Lipinski definition) is 0. The number of rotatable bonds is 3. The molecule has 0 heterocycles. The van der Waals surface area contributed by atoms with Gasteiger partial charge in [-0.2, -0.15) is 13.2 Å². The molecule has 0 N–H and O–H groups in total. The molecule has 0 saturated heterocycles. The number of esters is 1. The fourth-order valence-electron chi connectivity index (χ4n) is 1.30. The Labute approximate surface area is 96.7 Å². The van der Waals surface area contributed by atoms with Crippen molar-refractivity contribution in [3.05, 3.63) is 41.5 Å². The monoisotopic (exact) mass is 244 g/mol. The lowest BCUT2D eigenvalue weighted by atomic mass is 10.0. The van der Waals surface area contributed by atoms with Crippen LogP contribution in [0.1, 0.15) is 28.4 Å². The molecule has 0 aromatic heterocycles. The molecule has 0 atom stereocenters. The van der Waals surface area contributed by atoms with Crippen LogP contribution in [0.15, 0.2) is 24.8 Å². The van der Waals surface area contributed by atoms with Crippen LogP contribution in [0.4, 0.5) is 13.2 Å². The Morgan fingerprint density at radius 2 is 2.12 bits per heavy atom. The lowest BCUT2D eigenvalue weighted by Crippen LogP contribution is -2.10. The molecule has 92 valence electrons. The molecule has 0 aliphatic carbocycles. The van der Waals surface area contributed by atoms with Crippen molar-refractivity contribution in [3.8, 4) is 0 Å². The van der Waals surface area contributed by atoms with Crippen molar-refractivity contribution in [2.45, 2.75) is 13.1 Å². The summed E-state index contributed by atoms with van der Waals surface area (Å²) in [4.78, 5) is 11.4. The van der Waals surface area contributed by atoms with Gasteiger partial charge in [-0.15, -0.1) is 0 Å². The van der Waals surface area contributed by atoms with Gasteiger partial charge in [0, 0.05) is 0 Å². The number of benzene rings is 1. The van der Waals surface area contributed by atoms with E-state index in [-0.39, 0.29) is 17.7 Å². The Balaban J connectivity index is 3.19. The van der Waals surface area contributed by atoms with Crippen LogP contribution in [0.3, 0.4) is 0 Å². The van der Waals surface area contributed by atoms with Crippen LogP contribution < -0.4 is 0 Å². The maximum absolute atomic E-state index is 12.4. The van der Waals surface area contributed by atoms with Gasteiger partial charge in [-0.1, -0.05) is 12.7 Å². The summed E-state index contributed by atoms with van der Waals surface area (Å²) in [5.41, 5.74) is -0.631. The van der Waals surface area contributed by atoms with Gasteiger partial charge in [0.25, 0.3) is 0 Å². The van der Waals surface area contributed by atoms with Crippen molar-refractivity contribution < 1.29 is 22.7 Å². The number of carbonyl (C=O) groups excluding carboxylic acids is 1. The Bertz CT molecular complexity index is 436. The second-order valence-electron chi connectivity index (χ2n) is 3.22. The Hall–Kier alpha value is -1.78. The van der Waals surface area contributed by atoms with E-state index in [2.05, 4.69) is 6.58 Å². The van der Waals surface area contributed by atoms with Crippen LogP contribution >= 0.6 is 0 Å². The van der Waals surface area contributed by atoms with Gasteiger partial charge in [0.05, 0.1) is 17.7 Å². The molecule has 1 rings (SSSR count). The van der Waals surface area contributed by atoms with Gasteiger partial charge in [0.15, 0.2) is 0 Å². The molecule has 0 spiro atoms. The van der Waals surface area contributed by atoms with Gasteiger partial charge in [-0.3, -0.25) is 0 Å². The van der Waals surface area contributed by atoms with E-state index in [0.29, 0.717) is 0 Å². The third-order valence-electron chi connectivity index (χ3n) is 2.09. The minimum absolute atomic E-state index is 0.0786. The molecule has 0 aliphatic heterocycles. The second-order valence-corrected chi connectivity index (χ2v) is 3.22. The maximum atomic E-state index is 12.4. The first-order valence-corrected chi connectivity index (χ1v) is 4.91.